The van der Waals surface area contributed by atoms with Gasteiger partial charge in [0.2, 0.25) is 0 Å². The fourth-order valence-corrected chi connectivity index (χ4v) is 4.30. The monoisotopic (exact) mass is 395 g/mol. The van der Waals surface area contributed by atoms with Gasteiger partial charge < -0.3 is 5.32 Å². The molecule has 4 aromatic rings. The molecule has 2 aromatic heterocycles. The normalized spacial score (nSPS) is 10.9. The Kier molecular flexibility index (Phi) is 4.51. The third-order valence-electron chi connectivity index (χ3n) is 4.16. The van der Waals surface area contributed by atoms with Crippen LogP contribution in [0.25, 0.3) is 21.2 Å². The lowest BCUT2D eigenvalue weighted by molar-refractivity contribution is -0.379. The molecule has 0 aliphatic rings. The van der Waals surface area contributed by atoms with Crippen LogP contribution in [0.5, 0.6) is 0 Å². The molecule has 0 aliphatic heterocycles. The van der Waals surface area contributed by atoms with Crippen molar-refractivity contribution in [3.63, 3.8) is 0 Å². The van der Waals surface area contributed by atoms with Crippen molar-refractivity contribution < 1.29 is 4.92 Å². The van der Waals surface area contributed by atoms with E-state index in [1.165, 1.54) is 11.3 Å². The predicted octanol–water partition coefficient (Wildman–Crippen LogP) is 6.58. The van der Waals surface area contributed by atoms with E-state index in [9.17, 15) is 10.1 Å². The van der Waals surface area contributed by atoms with E-state index in [-0.39, 0.29) is 9.92 Å². The summed E-state index contributed by atoms with van der Waals surface area (Å²) in [5, 5.41) is 16.3. The lowest BCUT2D eigenvalue weighted by Crippen LogP contribution is -1.93. The zero-order valence-electron chi connectivity index (χ0n) is 14.3. The first kappa shape index (κ1) is 17.5. The highest BCUT2D eigenvalue weighted by Crippen LogP contribution is 2.46. The molecule has 2 heterocycles. The van der Waals surface area contributed by atoms with Crippen molar-refractivity contribution in [2.24, 2.45) is 0 Å². The van der Waals surface area contributed by atoms with Gasteiger partial charge in [0.05, 0.1) is 9.62 Å². The molecule has 0 fully saturated rings. The Hall–Kier alpha value is -2.96. The minimum atomic E-state index is -0.348. The molecule has 0 atom stereocenters. The van der Waals surface area contributed by atoms with Crippen molar-refractivity contribution in [2.45, 2.75) is 6.92 Å². The molecular weight excluding hydrogens is 382 g/mol. The molecule has 134 valence electrons. The second-order valence-corrected chi connectivity index (χ2v) is 7.48. The Morgan fingerprint density at radius 1 is 1.15 bits per heavy atom. The van der Waals surface area contributed by atoms with Crippen LogP contribution < -0.4 is 5.32 Å². The number of pyridine rings is 1. The SMILES string of the molecule is Cc1cc(-c2cccc3c(Nc4cccc(Cl)c4)c([N+](=O)[O-])sc23)ccn1. The van der Waals surface area contributed by atoms with Crippen LogP contribution in [-0.2, 0) is 0 Å². The minimum Gasteiger partial charge on any atom is -0.349 e. The molecule has 1 N–H and O–H groups in total. The van der Waals surface area contributed by atoms with Crippen molar-refractivity contribution in [2.75, 3.05) is 5.32 Å². The number of hydrogen-bond donors (Lipinski definition) is 1. The molecule has 0 saturated heterocycles. The summed E-state index contributed by atoms with van der Waals surface area (Å²) >= 11 is 7.22. The molecule has 2 aromatic carbocycles. The van der Waals surface area contributed by atoms with Crippen LogP contribution in [0.1, 0.15) is 5.69 Å². The van der Waals surface area contributed by atoms with Gasteiger partial charge in [0, 0.05) is 28.0 Å². The smallest absolute Gasteiger partial charge is 0.348 e. The summed E-state index contributed by atoms with van der Waals surface area (Å²) in [6.45, 7) is 1.92. The average molecular weight is 396 g/mol. The van der Waals surface area contributed by atoms with Gasteiger partial charge in [-0.15, -0.1) is 0 Å². The van der Waals surface area contributed by atoms with Crippen molar-refractivity contribution in [1.29, 1.82) is 0 Å². The van der Waals surface area contributed by atoms with Crippen LogP contribution in [0.15, 0.2) is 60.8 Å². The van der Waals surface area contributed by atoms with Gasteiger partial charge in [0.25, 0.3) is 0 Å². The number of aryl methyl sites for hydroxylation is 1. The highest BCUT2D eigenvalue weighted by atomic mass is 35.5. The fraction of sp³-hybridized carbons (Fsp3) is 0.0500. The number of thiophene rings is 1. The number of rotatable bonds is 4. The van der Waals surface area contributed by atoms with Gasteiger partial charge in [0.15, 0.2) is 0 Å². The van der Waals surface area contributed by atoms with Crippen molar-refractivity contribution in [3.8, 4) is 11.1 Å². The quantitative estimate of drug-likeness (QED) is 0.313. The molecule has 5 nitrogen and oxygen atoms in total. The third kappa shape index (κ3) is 3.37. The summed E-state index contributed by atoms with van der Waals surface area (Å²) in [5.41, 5.74) is 4.02. The first-order valence-corrected chi connectivity index (χ1v) is 9.38. The molecule has 0 saturated carbocycles. The minimum absolute atomic E-state index is 0.0724. The molecule has 0 aliphatic carbocycles. The molecule has 4 rings (SSSR count). The van der Waals surface area contributed by atoms with Gasteiger partial charge in [-0.3, -0.25) is 15.1 Å². The summed E-state index contributed by atoms with van der Waals surface area (Å²) in [5.74, 6) is 0. The Morgan fingerprint density at radius 2 is 1.96 bits per heavy atom. The largest absolute Gasteiger partial charge is 0.349 e. The number of halogens is 1. The third-order valence-corrected chi connectivity index (χ3v) is 5.59. The topological polar surface area (TPSA) is 68.1 Å². The zero-order chi connectivity index (χ0) is 19.0. The molecule has 0 bridgehead atoms. The summed E-state index contributed by atoms with van der Waals surface area (Å²) in [4.78, 5) is 15.6. The highest BCUT2D eigenvalue weighted by Gasteiger charge is 2.23. The van der Waals surface area contributed by atoms with Crippen molar-refractivity contribution in [1.82, 2.24) is 4.98 Å². The van der Waals surface area contributed by atoms with E-state index in [0.717, 1.165) is 26.9 Å². The number of nitrogens with one attached hydrogen (secondary N) is 1. The first-order valence-electron chi connectivity index (χ1n) is 8.18. The molecule has 0 unspecified atom stereocenters. The van der Waals surface area contributed by atoms with Gasteiger partial charge in [-0.25, -0.2) is 0 Å². The van der Waals surface area contributed by atoms with Crippen LogP contribution in [0.2, 0.25) is 5.02 Å². The van der Waals surface area contributed by atoms with Crippen LogP contribution in [0, 0.1) is 17.0 Å². The Labute approximate surface area is 164 Å². The van der Waals surface area contributed by atoms with E-state index < -0.39 is 0 Å². The van der Waals surface area contributed by atoms with Gasteiger partial charge in [-0.2, -0.15) is 0 Å². The highest BCUT2D eigenvalue weighted by molar-refractivity contribution is 7.23. The summed E-state index contributed by atoms with van der Waals surface area (Å²) in [6, 6.07) is 16.8. The van der Waals surface area contributed by atoms with Crippen molar-refractivity contribution in [3.05, 3.63) is 81.6 Å². The Morgan fingerprint density at radius 3 is 2.70 bits per heavy atom. The average Bonchev–Trinajstić information content (AvgIpc) is 3.01. The number of aromatic nitrogens is 1. The zero-order valence-corrected chi connectivity index (χ0v) is 15.8. The number of benzene rings is 2. The van der Waals surface area contributed by atoms with E-state index in [1.807, 2.05) is 43.3 Å². The molecule has 0 radical (unpaired) electrons. The van der Waals surface area contributed by atoms with E-state index in [4.69, 9.17) is 11.6 Å². The fourth-order valence-electron chi connectivity index (χ4n) is 3.01. The molecule has 0 amide bonds. The Bertz CT molecular complexity index is 1170. The molecule has 7 heteroatoms. The molecular formula is C20H14ClN3O2S. The standard InChI is InChI=1S/C20H14ClN3O2S/c1-12-10-13(8-9-22-12)16-6-3-7-17-18(20(24(25)26)27-19(16)17)23-15-5-2-4-14(21)11-15/h2-11,23H,1H3. The summed E-state index contributed by atoms with van der Waals surface area (Å²) < 4.78 is 0.860. The van der Waals surface area contributed by atoms with Gasteiger partial charge >= 0.3 is 5.00 Å². The predicted molar refractivity (Wildman–Crippen MR) is 111 cm³/mol. The molecule has 0 spiro atoms. The van der Waals surface area contributed by atoms with Crippen molar-refractivity contribution >= 4 is 49.4 Å². The van der Waals surface area contributed by atoms with Gasteiger partial charge in [0.1, 0.15) is 5.69 Å². The maximum atomic E-state index is 11.7. The first-order chi connectivity index (χ1) is 13.0. The maximum absolute atomic E-state index is 11.7. The number of nitro groups is 1. The van der Waals surface area contributed by atoms with Crippen LogP contribution in [0.3, 0.4) is 0 Å². The maximum Gasteiger partial charge on any atom is 0.348 e. The van der Waals surface area contributed by atoms with Crippen LogP contribution in [0.4, 0.5) is 16.4 Å². The van der Waals surface area contributed by atoms with Crippen LogP contribution in [-0.4, -0.2) is 9.91 Å². The lowest BCUT2D eigenvalue weighted by atomic mass is 10.0. The Balaban J connectivity index is 1.92. The van der Waals surface area contributed by atoms with E-state index in [1.54, 1.807) is 24.4 Å². The molecule has 27 heavy (non-hydrogen) atoms. The number of nitrogens with zero attached hydrogens (tertiary/aromatic N) is 2. The lowest BCUT2D eigenvalue weighted by Gasteiger charge is -2.07. The second-order valence-electron chi connectivity index (χ2n) is 6.04. The number of hydrogen-bond acceptors (Lipinski definition) is 5. The van der Waals surface area contributed by atoms with Gasteiger partial charge in [-0.1, -0.05) is 47.2 Å². The number of anilines is 2. The van der Waals surface area contributed by atoms with Crippen LogP contribution >= 0.6 is 22.9 Å². The second kappa shape index (κ2) is 6.98. The van der Waals surface area contributed by atoms with E-state index in [0.29, 0.717) is 16.4 Å². The summed E-state index contributed by atoms with van der Waals surface area (Å²) in [7, 11) is 0. The number of fused-ring (bicyclic) bond motifs is 1. The van der Waals surface area contributed by atoms with Gasteiger partial charge in [-0.05, 0) is 48.4 Å². The van der Waals surface area contributed by atoms with E-state index in [2.05, 4.69) is 10.3 Å². The summed E-state index contributed by atoms with van der Waals surface area (Å²) in [6.07, 6.45) is 1.75. The van der Waals surface area contributed by atoms with E-state index >= 15 is 0 Å².